The Morgan fingerprint density at radius 1 is 1.53 bits per heavy atom. The van der Waals surface area contributed by atoms with Gasteiger partial charge in [-0.25, -0.2) is 4.98 Å². The Morgan fingerprint density at radius 3 is 2.84 bits per heavy atom. The zero-order valence-corrected chi connectivity index (χ0v) is 12.5. The molecule has 0 aromatic carbocycles. The van der Waals surface area contributed by atoms with Crippen molar-refractivity contribution in [2.75, 3.05) is 37.9 Å². The normalized spacial score (nSPS) is 10.7. The Balaban J connectivity index is 2.25. The molecule has 1 aromatic rings. The Labute approximate surface area is 117 Å². The van der Waals surface area contributed by atoms with E-state index < -0.39 is 0 Å². The molecule has 0 atom stereocenters. The van der Waals surface area contributed by atoms with E-state index in [0.29, 0.717) is 29.1 Å². The van der Waals surface area contributed by atoms with Crippen molar-refractivity contribution in [1.82, 2.24) is 10.3 Å². The van der Waals surface area contributed by atoms with Gasteiger partial charge in [-0.3, -0.25) is 4.79 Å². The molecule has 0 aliphatic carbocycles. The molecule has 1 amide bonds. The lowest BCUT2D eigenvalue weighted by atomic mass is 10.2. The fraction of sp³-hybridized carbons (Fsp3) is 0.667. The standard InChI is InChI=1S/C12H22N4O2S/c1-8(2)7-18-6-4-5-15-11(17)9-10(13)16-12(14-3)19-9/h8H,4-7,13H2,1-3H3,(H,14,16)(H,15,17). The average molecular weight is 286 g/mol. The van der Waals surface area contributed by atoms with Crippen LogP contribution in [0.1, 0.15) is 29.9 Å². The van der Waals surface area contributed by atoms with Crippen molar-refractivity contribution in [3.63, 3.8) is 0 Å². The number of rotatable bonds is 8. The van der Waals surface area contributed by atoms with Crippen LogP contribution in [0.5, 0.6) is 0 Å². The first kappa shape index (κ1) is 15.7. The molecule has 0 radical (unpaired) electrons. The first-order valence-electron chi connectivity index (χ1n) is 6.34. The van der Waals surface area contributed by atoms with Gasteiger partial charge < -0.3 is 21.1 Å². The summed E-state index contributed by atoms with van der Waals surface area (Å²) < 4.78 is 5.43. The van der Waals surface area contributed by atoms with Crippen LogP contribution in [0.25, 0.3) is 0 Å². The van der Waals surface area contributed by atoms with E-state index >= 15 is 0 Å². The minimum absolute atomic E-state index is 0.180. The van der Waals surface area contributed by atoms with Crippen LogP contribution in [-0.4, -0.2) is 37.7 Å². The number of carbonyl (C=O) groups is 1. The second-order valence-corrected chi connectivity index (χ2v) is 5.56. The number of hydrogen-bond donors (Lipinski definition) is 3. The fourth-order valence-electron chi connectivity index (χ4n) is 1.38. The third-order valence-electron chi connectivity index (χ3n) is 2.28. The second-order valence-electron chi connectivity index (χ2n) is 4.56. The molecule has 6 nitrogen and oxygen atoms in total. The van der Waals surface area contributed by atoms with Gasteiger partial charge in [0.25, 0.3) is 5.91 Å². The van der Waals surface area contributed by atoms with Gasteiger partial charge in [0.1, 0.15) is 10.7 Å². The number of aromatic nitrogens is 1. The number of nitrogen functional groups attached to an aromatic ring is 1. The van der Waals surface area contributed by atoms with Gasteiger partial charge in [0, 0.05) is 26.8 Å². The van der Waals surface area contributed by atoms with E-state index in [0.717, 1.165) is 13.0 Å². The summed E-state index contributed by atoms with van der Waals surface area (Å²) >= 11 is 1.25. The molecule has 0 unspecified atom stereocenters. The Kier molecular flexibility index (Phi) is 6.58. The van der Waals surface area contributed by atoms with Gasteiger partial charge in [0.05, 0.1) is 0 Å². The molecule has 1 heterocycles. The van der Waals surface area contributed by atoms with E-state index in [1.54, 1.807) is 7.05 Å². The topological polar surface area (TPSA) is 89.3 Å². The average Bonchev–Trinajstić information content (AvgIpc) is 2.74. The summed E-state index contributed by atoms with van der Waals surface area (Å²) in [6.07, 6.45) is 0.788. The maximum absolute atomic E-state index is 11.8. The highest BCUT2D eigenvalue weighted by Gasteiger charge is 2.14. The van der Waals surface area contributed by atoms with Gasteiger partial charge in [-0.1, -0.05) is 25.2 Å². The molecule has 0 aliphatic heterocycles. The zero-order valence-electron chi connectivity index (χ0n) is 11.7. The molecular formula is C12H22N4O2S. The fourth-order valence-corrected chi connectivity index (χ4v) is 2.13. The molecule has 0 fully saturated rings. The number of nitrogens with one attached hydrogen (secondary N) is 2. The van der Waals surface area contributed by atoms with Gasteiger partial charge in [0.2, 0.25) is 0 Å². The predicted molar refractivity (Wildman–Crippen MR) is 78.7 cm³/mol. The summed E-state index contributed by atoms with van der Waals surface area (Å²) in [6, 6.07) is 0. The van der Waals surface area contributed by atoms with Crippen LogP contribution in [0.3, 0.4) is 0 Å². The Morgan fingerprint density at radius 2 is 2.26 bits per heavy atom. The number of ether oxygens (including phenoxy) is 1. The van der Waals surface area contributed by atoms with Crippen molar-refractivity contribution in [2.45, 2.75) is 20.3 Å². The smallest absolute Gasteiger partial charge is 0.265 e. The van der Waals surface area contributed by atoms with E-state index in [-0.39, 0.29) is 11.7 Å². The molecule has 0 bridgehead atoms. The van der Waals surface area contributed by atoms with Crippen LogP contribution in [0.4, 0.5) is 10.9 Å². The van der Waals surface area contributed by atoms with E-state index in [1.165, 1.54) is 11.3 Å². The maximum Gasteiger partial charge on any atom is 0.265 e. The number of nitrogens with two attached hydrogens (primary N) is 1. The lowest BCUT2D eigenvalue weighted by Crippen LogP contribution is -2.25. The predicted octanol–water partition coefficient (Wildman–Crippen LogP) is 1.56. The highest BCUT2D eigenvalue weighted by Crippen LogP contribution is 2.23. The third kappa shape index (κ3) is 5.44. The third-order valence-corrected chi connectivity index (χ3v) is 3.36. The highest BCUT2D eigenvalue weighted by molar-refractivity contribution is 7.18. The summed E-state index contributed by atoms with van der Waals surface area (Å²) in [4.78, 5) is 16.3. The van der Waals surface area contributed by atoms with Crippen molar-refractivity contribution in [2.24, 2.45) is 5.92 Å². The van der Waals surface area contributed by atoms with Crippen molar-refractivity contribution in [3.8, 4) is 0 Å². The molecule has 0 spiro atoms. The molecule has 108 valence electrons. The molecule has 0 saturated carbocycles. The molecule has 0 aliphatic rings. The minimum atomic E-state index is -0.180. The first-order chi connectivity index (χ1) is 9.04. The van der Waals surface area contributed by atoms with Gasteiger partial charge in [-0.15, -0.1) is 0 Å². The van der Waals surface area contributed by atoms with Crippen LogP contribution in [-0.2, 0) is 4.74 Å². The number of anilines is 2. The van der Waals surface area contributed by atoms with Crippen molar-refractivity contribution in [3.05, 3.63) is 4.88 Å². The van der Waals surface area contributed by atoms with Crippen molar-refractivity contribution < 1.29 is 9.53 Å². The van der Waals surface area contributed by atoms with Gasteiger partial charge >= 0.3 is 0 Å². The number of nitrogens with zero attached hydrogens (tertiary/aromatic N) is 1. The lowest BCUT2D eigenvalue weighted by Gasteiger charge is -2.07. The number of thiazole rings is 1. The summed E-state index contributed by atoms with van der Waals surface area (Å²) in [5, 5.41) is 6.32. The van der Waals surface area contributed by atoms with Gasteiger partial charge in [-0.2, -0.15) is 0 Å². The summed E-state index contributed by atoms with van der Waals surface area (Å²) in [6.45, 7) is 6.18. The number of amides is 1. The SMILES string of the molecule is CNc1nc(N)c(C(=O)NCCCOCC(C)C)s1. The summed E-state index contributed by atoms with van der Waals surface area (Å²) in [5.41, 5.74) is 5.68. The number of hydrogen-bond acceptors (Lipinski definition) is 6. The van der Waals surface area contributed by atoms with Crippen molar-refractivity contribution >= 4 is 28.2 Å². The Hall–Kier alpha value is -1.34. The molecular weight excluding hydrogens is 264 g/mol. The van der Waals surface area contributed by atoms with Crippen LogP contribution in [0, 0.1) is 5.92 Å². The first-order valence-corrected chi connectivity index (χ1v) is 7.16. The van der Waals surface area contributed by atoms with Crippen LogP contribution in [0.2, 0.25) is 0 Å². The minimum Gasteiger partial charge on any atom is -0.382 e. The molecule has 1 aromatic heterocycles. The molecule has 1 rings (SSSR count). The molecule has 0 saturated heterocycles. The lowest BCUT2D eigenvalue weighted by molar-refractivity contribution is 0.0929. The van der Waals surface area contributed by atoms with Crippen molar-refractivity contribution in [1.29, 1.82) is 0 Å². The van der Waals surface area contributed by atoms with E-state index in [1.807, 2.05) is 0 Å². The monoisotopic (exact) mass is 286 g/mol. The summed E-state index contributed by atoms with van der Waals surface area (Å²) in [7, 11) is 1.74. The molecule has 4 N–H and O–H groups in total. The molecule has 7 heteroatoms. The maximum atomic E-state index is 11.8. The quantitative estimate of drug-likeness (QED) is 0.631. The molecule has 19 heavy (non-hydrogen) atoms. The van der Waals surface area contributed by atoms with E-state index in [9.17, 15) is 4.79 Å². The van der Waals surface area contributed by atoms with Gasteiger partial charge in [0.15, 0.2) is 5.13 Å². The Bertz CT molecular complexity index is 406. The van der Waals surface area contributed by atoms with E-state index in [2.05, 4.69) is 29.5 Å². The van der Waals surface area contributed by atoms with E-state index in [4.69, 9.17) is 10.5 Å². The van der Waals surface area contributed by atoms with Crippen LogP contribution >= 0.6 is 11.3 Å². The largest absolute Gasteiger partial charge is 0.382 e. The summed E-state index contributed by atoms with van der Waals surface area (Å²) in [5.74, 6) is 0.620. The van der Waals surface area contributed by atoms with Crippen LogP contribution < -0.4 is 16.4 Å². The highest BCUT2D eigenvalue weighted by atomic mass is 32.1. The second kappa shape index (κ2) is 7.96. The number of carbonyl (C=O) groups excluding carboxylic acids is 1. The van der Waals surface area contributed by atoms with Crippen LogP contribution in [0.15, 0.2) is 0 Å². The van der Waals surface area contributed by atoms with Gasteiger partial charge in [-0.05, 0) is 12.3 Å². The zero-order chi connectivity index (χ0) is 14.3.